The highest BCUT2D eigenvalue weighted by molar-refractivity contribution is 5.98. The van der Waals surface area contributed by atoms with Gasteiger partial charge in [-0.25, -0.2) is 0 Å². The Balaban J connectivity index is 2.98. The highest BCUT2D eigenvalue weighted by atomic mass is 16.1. The molecule has 0 aliphatic carbocycles. The summed E-state index contributed by atoms with van der Waals surface area (Å²) in [6.07, 6.45) is 3.70. The Morgan fingerprint density at radius 1 is 1.31 bits per heavy atom. The molecule has 0 atom stereocenters. The van der Waals surface area contributed by atoms with E-state index in [2.05, 4.69) is 5.32 Å². The molecule has 0 saturated carbocycles. The van der Waals surface area contributed by atoms with Gasteiger partial charge in [-0.15, -0.1) is 0 Å². The van der Waals surface area contributed by atoms with E-state index >= 15 is 0 Å². The summed E-state index contributed by atoms with van der Waals surface area (Å²) < 4.78 is 0. The molecule has 16 heavy (non-hydrogen) atoms. The van der Waals surface area contributed by atoms with Crippen molar-refractivity contribution in [3.8, 4) is 0 Å². The zero-order chi connectivity index (χ0) is 12.0. The average molecular weight is 217 g/mol. The molecule has 0 aliphatic heterocycles. The summed E-state index contributed by atoms with van der Waals surface area (Å²) in [4.78, 5) is 22.1. The number of nitrogens with one attached hydrogen (secondary N) is 1. The minimum Gasteiger partial charge on any atom is -0.350 e. The second kappa shape index (κ2) is 5.85. The number of amides is 1. The van der Waals surface area contributed by atoms with E-state index in [0.29, 0.717) is 11.8 Å². The molecule has 3 nitrogen and oxygen atoms in total. The molecule has 0 fully saturated rings. The Hall–Kier alpha value is -1.90. The summed E-state index contributed by atoms with van der Waals surface area (Å²) in [5.41, 5.74) is 1.32. The van der Waals surface area contributed by atoms with Gasteiger partial charge in [0.25, 0.3) is 5.91 Å². The van der Waals surface area contributed by atoms with Gasteiger partial charge in [-0.05, 0) is 31.6 Å². The van der Waals surface area contributed by atoms with Gasteiger partial charge in [0.2, 0.25) is 0 Å². The minimum absolute atomic E-state index is 0.0932. The van der Waals surface area contributed by atoms with E-state index in [4.69, 9.17) is 0 Å². The molecular formula is C13H15NO2. The molecule has 0 aromatic heterocycles. The van der Waals surface area contributed by atoms with E-state index in [1.165, 1.54) is 6.08 Å². The van der Waals surface area contributed by atoms with Crippen molar-refractivity contribution in [3.63, 3.8) is 0 Å². The third-order valence-corrected chi connectivity index (χ3v) is 1.98. The lowest BCUT2D eigenvalue weighted by atomic mass is 10.1. The van der Waals surface area contributed by atoms with Gasteiger partial charge in [-0.3, -0.25) is 9.59 Å². The van der Waals surface area contributed by atoms with E-state index in [-0.39, 0.29) is 11.9 Å². The van der Waals surface area contributed by atoms with Crippen molar-refractivity contribution in [1.29, 1.82) is 0 Å². The zero-order valence-electron chi connectivity index (χ0n) is 9.44. The smallest absolute Gasteiger partial charge is 0.252 e. The monoisotopic (exact) mass is 217 g/mol. The van der Waals surface area contributed by atoms with Crippen LogP contribution >= 0.6 is 0 Å². The Bertz CT molecular complexity index is 408. The summed E-state index contributed by atoms with van der Waals surface area (Å²) in [5, 5.41) is 2.81. The van der Waals surface area contributed by atoms with E-state index in [1.807, 2.05) is 19.9 Å². The van der Waals surface area contributed by atoms with Crippen molar-refractivity contribution in [2.24, 2.45) is 0 Å². The maximum absolute atomic E-state index is 11.8. The molecule has 0 heterocycles. The van der Waals surface area contributed by atoms with Gasteiger partial charge in [0.1, 0.15) is 6.29 Å². The fourth-order valence-corrected chi connectivity index (χ4v) is 1.33. The van der Waals surface area contributed by atoms with Gasteiger partial charge in [-0.1, -0.05) is 24.3 Å². The lowest BCUT2D eigenvalue weighted by Gasteiger charge is -2.10. The van der Waals surface area contributed by atoms with Crippen LogP contribution in [0, 0.1) is 0 Å². The largest absolute Gasteiger partial charge is 0.350 e. The third kappa shape index (κ3) is 3.35. The van der Waals surface area contributed by atoms with Crippen LogP contribution in [0.1, 0.15) is 29.8 Å². The number of hydrogen-bond acceptors (Lipinski definition) is 2. The number of hydrogen-bond donors (Lipinski definition) is 1. The van der Waals surface area contributed by atoms with Crippen molar-refractivity contribution in [2.75, 3.05) is 0 Å². The summed E-state index contributed by atoms with van der Waals surface area (Å²) in [5.74, 6) is -0.124. The maximum atomic E-state index is 11.8. The highest BCUT2D eigenvalue weighted by Gasteiger charge is 2.09. The highest BCUT2D eigenvalue weighted by Crippen LogP contribution is 2.10. The van der Waals surface area contributed by atoms with Crippen molar-refractivity contribution in [1.82, 2.24) is 5.32 Å². The van der Waals surface area contributed by atoms with Crippen LogP contribution in [0.3, 0.4) is 0 Å². The van der Waals surface area contributed by atoms with E-state index < -0.39 is 0 Å². The minimum atomic E-state index is -0.124. The molecule has 0 radical (unpaired) electrons. The summed E-state index contributed by atoms with van der Waals surface area (Å²) in [6.45, 7) is 3.81. The first-order chi connectivity index (χ1) is 7.65. The summed E-state index contributed by atoms with van der Waals surface area (Å²) >= 11 is 0. The fourth-order valence-electron chi connectivity index (χ4n) is 1.33. The molecule has 3 heteroatoms. The molecule has 0 saturated heterocycles. The molecule has 1 aromatic rings. The number of allylic oxidation sites excluding steroid dienone is 1. The van der Waals surface area contributed by atoms with Crippen LogP contribution in [0.25, 0.3) is 6.08 Å². The fraction of sp³-hybridized carbons (Fsp3) is 0.231. The summed E-state index contributed by atoms with van der Waals surface area (Å²) in [6, 6.07) is 7.26. The molecule has 0 bridgehead atoms. The topological polar surface area (TPSA) is 46.2 Å². The lowest BCUT2D eigenvalue weighted by molar-refractivity contribution is -0.104. The predicted molar refractivity (Wildman–Crippen MR) is 64.1 cm³/mol. The normalized spacial score (nSPS) is 10.7. The van der Waals surface area contributed by atoms with Crippen molar-refractivity contribution >= 4 is 18.3 Å². The first kappa shape index (κ1) is 12.2. The standard InChI is InChI=1S/C13H15NO2/c1-10(2)14-13(16)12-8-4-3-6-11(12)7-5-9-15/h3-10H,1-2H3,(H,14,16)/b7-5+. The Labute approximate surface area is 95.2 Å². The zero-order valence-corrected chi connectivity index (χ0v) is 9.44. The molecule has 0 aliphatic rings. The van der Waals surface area contributed by atoms with Crippen LogP contribution in [-0.4, -0.2) is 18.2 Å². The van der Waals surface area contributed by atoms with E-state index in [1.54, 1.807) is 24.3 Å². The van der Waals surface area contributed by atoms with Gasteiger partial charge in [0, 0.05) is 11.6 Å². The maximum Gasteiger partial charge on any atom is 0.252 e. The SMILES string of the molecule is CC(C)NC(=O)c1ccccc1/C=C/C=O. The van der Waals surface area contributed by atoms with Gasteiger partial charge in [0.05, 0.1) is 0 Å². The first-order valence-electron chi connectivity index (χ1n) is 5.17. The Morgan fingerprint density at radius 3 is 2.62 bits per heavy atom. The number of rotatable bonds is 4. The van der Waals surface area contributed by atoms with Gasteiger partial charge in [0.15, 0.2) is 0 Å². The number of aldehydes is 1. The van der Waals surface area contributed by atoms with Crippen LogP contribution < -0.4 is 5.32 Å². The molecule has 1 rings (SSSR count). The summed E-state index contributed by atoms with van der Waals surface area (Å²) in [7, 11) is 0. The molecule has 0 unspecified atom stereocenters. The molecular weight excluding hydrogens is 202 g/mol. The molecule has 84 valence electrons. The van der Waals surface area contributed by atoms with Gasteiger partial charge in [-0.2, -0.15) is 0 Å². The Kier molecular flexibility index (Phi) is 4.45. The predicted octanol–water partition coefficient (Wildman–Crippen LogP) is 2.04. The van der Waals surface area contributed by atoms with Gasteiger partial charge >= 0.3 is 0 Å². The molecule has 0 spiro atoms. The number of benzene rings is 1. The van der Waals surface area contributed by atoms with Crippen LogP contribution in [0.15, 0.2) is 30.3 Å². The van der Waals surface area contributed by atoms with Gasteiger partial charge < -0.3 is 5.32 Å². The number of carbonyl (C=O) groups is 2. The van der Waals surface area contributed by atoms with E-state index in [0.717, 1.165) is 5.56 Å². The third-order valence-electron chi connectivity index (χ3n) is 1.98. The van der Waals surface area contributed by atoms with Crippen molar-refractivity contribution < 1.29 is 9.59 Å². The van der Waals surface area contributed by atoms with Crippen LogP contribution in [0.4, 0.5) is 0 Å². The van der Waals surface area contributed by atoms with Crippen molar-refractivity contribution in [3.05, 3.63) is 41.5 Å². The number of carbonyl (C=O) groups excluding carboxylic acids is 2. The van der Waals surface area contributed by atoms with Crippen LogP contribution in [0.2, 0.25) is 0 Å². The Morgan fingerprint density at radius 2 is 2.00 bits per heavy atom. The first-order valence-corrected chi connectivity index (χ1v) is 5.17. The molecule has 1 amide bonds. The molecule has 1 aromatic carbocycles. The second-order valence-electron chi connectivity index (χ2n) is 3.71. The quantitative estimate of drug-likeness (QED) is 0.619. The van der Waals surface area contributed by atoms with E-state index in [9.17, 15) is 9.59 Å². The lowest BCUT2D eigenvalue weighted by Crippen LogP contribution is -2.30. The van der Waals surface area contributed by atoms with Crippen LogP contribution in [-0.2, 0) is 4.79 Å². The van der Waals surface area contributed by atoms with Crippen LogP contribution in [0.5, 0.6) is 0 Å². The second-order valence-corrected chi connectivity index (χ2v) is 3.71. The molecule has 1 N–H and O–H groups in total. The average Bonchev–Trinajstić information content (AvgIpc) is 2.25. The van der Waals surface area contributed by atoms with Crippen molar-refractivity contribution in [2.45, 2.75) is 19.9 Å².